The topological polar surface area (TPSA) is 56.7 Å². The van der Waals surface area contributed by atoms with E-state index >= 15 is 0 Å². The van der Waals surface area contributed by atoms with Crippen LogP contribution in [0.25, 0.3) is 11.2 Å². The minimum atomic E-state index is -0.208. The molecule has 0 radical (unpaired) electrons. The average molecular weight is 326 g/mol. The maximum absolute atomic E-state index is 13.0. The van der Waals surface area contributed by atoms with Gasteiger partial charge in [0.25, 0.3) is 0 Å². The molecule has 0 aliphatic rings. The fraction of sp³-hybridized carbons (Fsp3) is 0.368. The molecule has 0 amide bonds. The van der Waals surface area contributed by atoms with Crippen LogP contribution in [0, 0.1) is 11.2 Å². The summed E-state index contributed by atoms with van der Waals surface area (Å²) in [6.45, 7) is 7.26. The maximum Gasteiger partial charge on any atom is 0.202 e. The second-order valence-electron chi connectivity index (χ2n) is 7.39. The first-order valence-corrected chi connectivity index (χ1v) is 8.18. The quantitative estimate of drug-likeness (QED) is 0.789. The van der Waals surface area contributed by atoms with Crippen molar-refractivity contribution in [3.05, 3.63) is 53.5 Å². The summed E-state index contributed by atoms with van der Waals surface area (Å²) >= 11 is 0. The van der Waals surface area contributed by atoms with Crippen molar-refractivity contribution in [2.45, 2.75) is 40.2 Å². The van der Waals surface area contributed by atoms with Crippen molar-refractivity contribution in [1.29, 1.82) is 0 Å². The summed E-state index contributed by atoms with van der Waals surface area (Å²) in [4.78, 5) is 9.16. The van der Waals surface area contributed by atoms with Crippen molar-refractivity contribution < 1.29 is 4.39 Å². The molecule has 1 aromatic carbocycles. The van der Waals surface area contributed by atoms with Crippen LogP contribution >= 0.6 is 0 Å². The van der Waals surface area contributed by atoms with Gasteiger partial charge in [0.05, 0.1) is 0 Å². The molecular weight excluding hydrogens is 303 g/mol. The van der Waals surface area contributed by atoms with E-state index in [4.69, 9.17) is 10.7 Å². The van der Waals surface area contributed by atoms with Crippen LogP contribution in [0.1, 0.15) is 32.0 Å². The lowest BCUT2D eigenvalue weighted by atomic mass is 9.97. The summed E-state index contributed by atoms with van der Waals surface area (Å²) in [5.74, 6) is 0.294. The van der Waals surface area contributed by atoms with Gasteiger partial charge in [-0.2, -0.15) is 0 Å². The van der Waals surface area contributed by atoms with Crippen LogP contribution in [0.3, 0.4) is 0 Å². The number of fused-ring (bicyclic) bond motifs is 1. The standard InChI is InChI=1S/C19H23FN4/c1-19(2,3)12-24-17-16(23-18(24)21)11-10-15(22-17)9-6-13-4-7-14(20)8-5-13/h4-5,7-8,10-11H,6,9,12H2,1-3H3,(H2,21,23). The molecule has 3 aromatic rings. The number of pyridine rings is 1. The van der Waals surface area contributed by atoms with Crippen LogP contribution in [0.4, 0.5) is 10.3 Å². The molecule has 126 valence electrons. The smallest absolute Gasteiger partial charge is 0.202 e. The molecule has 0 atom stereocenters. The summed E-state index contributed by atoms with van der Waals surface area (Å²) in [7, 11) is 0. The highest BCUT2D eigenvalue weighted by Gasteiger charge is 2.17. The van der Waals surface area contributed by atoms with E-state index < -0.39 is 0 Å². The van der Waals surface area contributed by atoms with Gasteiger partial charge in [-0.15, -0.1) is 0 Å². The largest absolute Gasteiger partial charge is 0.369 e. The summed E-state index contributed by atoms with van der Waals surface area (Å²) in [6.07, 6.45) is 1.61. The fourth-order valence-corrected chi connectivity index (χ4v) is 2.75. The zero-order valence-electron chi connectivity index (χ0n) is 14.4. The van der Waals surface area contributed by atoms with Crippen molar-refractivity contribution >= 4 is 17.1 Å². The van der Waals surface area contributed by atoms with E-state index in [1.165, 1.54) is 12.1 Å². The van der Waals surface area contributed by atoms with E-state index in [1.54, 1.807) is 0 Å². The molecule has 0 spiro atoms. The second kappa shape index (κ2) is 6.23. The molecule has 0 aliphatic carbocycles. The van der Waals surface area contributed by atoms with Crippen LogP contribution in [0.5, 0.6) is 0 Å². The van der Waals surface area contributed by atoms with Crippen molar-refractivity contribution in [3.8, 4) is 0 Å². The molecule has 0 saturated heterocycles. The molecule has 2 heterocycles. The number of nitrogen functional groups attached to an aromatic ring is 1. The summed E-state index contributed by atoms with van der Waals surface area (Å²) in [5, 5.41) is 0. The number of halogens is 1. The van der Waals surface area contributed by atoms with Gasteiger partial charge in [-0.25, -0.2) is 14.4 Å². The van der Waals surface area contributed by atoms with E-state index in [2.05, 4.69) is 25.8 Å². The molecule has 2 N–H and O–H groups in total. The Hall–Kier alpha value is -2.43. The highest BCUT2D eigenvalue weighted by atomic mass is 19.1. The second-order valence-corrected chi connectivity index (χ2v) is 7.39. The van der Waals surface area contributed by atoms with Gasteiger partial charge < -0.3 is 5.73 Å². The molecule has 3 rings (SSSR count). The number of hydrogen-bond donors (Lipinski definition) is 1. The van der Waals surface area contributed by atoms with Crippen molar-refractivity contribution in [3.63, 3.8) is 0 Å². The molecular formula is C19H23FN4. The number of benzene rings is 1. The number of nitrogens with zero attached hydrogens (tertiary/aromatic N) is 3. The third-order valence-corrected chi connectivity index (χ3v) is 3.89. The third-order valence-electron chi connectivity index (χ3n) is 3.89. The van der Waals surface area contributed by atoms with E-state index in [9.17, 15) is 4.39 Å². The Bertz CT molecular complexity index is 844. The minimum Gasteiger partial charge on any atom is -0.369 e. The number of anilines is 1. The van der Waals surface area contributed by atoms with E-state index in [0.717, 1.165) is 41.8 Å². The van der Waals surface area contributed by atoms with Crippen LogP contribution < -0.4 is 5.73 Å². The van der Waals surface area contributed by atoms with Gasteiger partial charge >= 0.3 is 0 Å². The molecule has 24 heavy (non-hydrogen) atoms. The SMILES string of the molecule is CC(C)(C)Cn1c(N)nc2ccc(CCc3ccc(F)cc3)nc21. The first-order chi connectivity index (χ1) is 11.3. The van der Waals surface area contributed by atoms with Crippen LogP contribution in [0.15, 0.2) is 36.4 Å². The minimum absolute atomic E-state index is 0.0908. The van der Waals surface area contributed by atoms with E-state index in [1.807, 2.05) is 28.8 Å². The Kier molecular flexibility index (Phi) is 4.26. The fourth-order valence-electron chi connectivity index (χ4n) is 2.75. The lowest BCUT2D eigenvalue weighted by Crippen LogP contribution is -2.17. The highest BCUT2D eigenvalue weighted by Crippen LogP contribution is 2.23. The van der Waals surface area contributed by atoms with Gasteiger partial charge in [0.1, 0.15) is 11.3 Å². The van der Waals surface area contributed by atoms with Crippen molar-refractivity contribution in [2.75, 3.05) is 5.73 Å². The Morgan fingerprint density at radius 2 is 1.71 bits per heavy atom. The van der Waals surface area contributed by atoms with Gasteiger partial charge in [-0.05, 0) is 48.1 Å². The Morgan fingerprint density at radius 1 is 1.00 bits per heavy atom. The summed E-state index contributed by atoms with van der Waals surface area (Å²) in [5.41, 5.74) is 9.90. The molecule has 0 fully saturated rings. The van der Waals surface area contributed by atoms with Gasteiger partial charge in [0.15, 0.2) is 5.65 Å². The van der Waals surface area contributed by atoms with Crippen molar-refractivity contribution in [1.82, 2.24) is 14.5 Å². The predicted octanol–water partition coefficient (Wildman–Crippen LogP) is 3.98. The molecule has 0 unspecified atom stereocenters. The zero-order chi connectivity index (χ0) is 17.3. The molecule has 4 nitrogen and oxygen atoms in total. The van der Waals surface area contributed by atoms with Crippen LogP contribution in [-0.4, -0.2) is 14.5 Å². The lowest BCUT2D eigenvalue weighted by molar-refractivity contribution is 0.350. The van der Waals surface area contributed by atoms with Crippen LogP contribution in [-0.2, 0) is 19.4 Å². The number of hydrogen-bond acceptors (Lipinski definition) is 3. The molecule has 0 bridgehead atoms. The van der Waals surface area contributed by atoms with E-state index in [-0.39, 0.29) is 11.2 Å². The molecule has 2 aromatic heterocycles. The third kappa shape index (κ3) is 3.72. The number of rotatable bonds is 4. The number of nitrogens with two attached hydrogens (primary N) is 1. The van der Waals surface area contributed by atoms with Gasteiger partial charge in [-0.3, -0.25) is 4.57 Å². The van der Waals surface area contributed by atoms with E-state index in [0.29, 0.717) is 5.95 Å². The summed E-state index contributed by atoms with van der Waals surface area (Å²) < 4.78 is 15.0. The molecule has 0 aliphatic heterocycles. The lowest BCUT2D eigenvalue weighted by Gasteiger charge is -2.19. The Balaban J connectivity index is 1.84. The predicted molar refractivity (Wildman–Crippen MR) is 95.2 cm³/mol. The first kappa shape index (κ1) is 16.4. The normalized spacial score (nSPS) is 12.0. The number of aromatic nitrogens is 3. The maximum atomic E-state index is 13.0. The Morgan fingerprint density at radius 3 is 2.38 bits per heavy atom. The summed E-state index contributed by atoms with van der Waals surface area (Å²) in [6, 6.07) is 10.6. The number of imidazole rings is 1. The Labute approximate surface area is 141 Å². The molecule has 0 saturated carbocycles. The average Bonchev–Trinajstić information content (AvgIpc) is 2.81. The highest BCUT2D eigenvalue weighted by molar-refractivity contribution is 5.74. The van der Waals surface area contributed by atoms with Gasteiger partial charge in [0.2, 0.25) is 5.95 Å². The first-order valence-electron chi connectivity index (χ1n) is 8.18. The van der Waals surface area contributed by atoms with Gasteiger partial charge in [-0.1, -0.05) is 32.9 Å². The molecule has 5 heteroatoms. The number of aryl methyl sites for hydroxylation is 2. The van der Waals surface area contributed by atoms with Gasteiger partial charge in [0, 0.05) is 12.2 Å². The monoisotopic (exact) mass is 326 g/mol. The zero-order valence-corrected chi connectivity index (χ0v) is 14.4. The van der Waals surface area contributed by atoms with Crippen LogP contribution in [0.2, 0.25) is 0 Å². The van der Waals surface area contributed by atoms with Crippen molar-refractivity contribution in [2.24, 2.45) is 5.41 Å².